The van der Waals surface area contributed by atoms with E-state index >= 15 is 0 Å². The van der Waals surface area contributed by atoms with Gasteiger partial charge in [-0.1, -0.05) is 26.2 Å². The number of hydrogen-bond acceptors (Lipinski definition) is 5. The fourth-order valence-electron chi connectivity index (χ4n) is 5.59. The molecule has 166 valence electrons. The van der Waals surface area contributed by atoms with Crippen LogP contribution in [0.3, 0.4) is 0 Å². The van der Waals surface area contributed by atoms with Crippen molar-refractivity contribution in [2.45, 2.75) is 50.3 Å². The summed E-state index contributed by atoms with van der Waals surface area (Å²) in [5, 5.41) is 0. The van der Waals surface area contributed by atoms with Crippen molar-refractivity contribution < 1.29 is 13.2 Å². The molecule has 4 rings (SSSR count). The maximum atomic E-state index is 13.6. The molecule has 1 unspecified atom stereocenters. The lowest BCUT2D eigenvalue weighted by atomic mass is 9.67. The first-order valence-electron chi connectivity index (χ1n) is 11.4. The van der Waals surface area contributed by atoms with E-state index in [1.54, 1.807) is 22.6 Å². The molecule has 3 fully saturated rings. The average molecular weight is 435 g/mol. The molecule has 3 aliphatic rings. The van der Waals surface area contributed by atoms with Gasteiger partial charge in [-0.15, -0.1) is 0 Å². The number of sulfonamides is 1. The lowest BCUT2D eigenvalue weighted by Crippen LogP contribution is -2.52. The van der Waals surface area contributed by atoms with Crippen LogP contribution in [0.15, 0.2) is 29.4 Å². The van der Waals surface area contributed by atoms with Crippen LogP contribution in [0.2, 0.25) is 0 Å². The van der Waals surface area contributed by atoms with Crippen molar-refractivity contribution in [3.63, 3.8) is 0 Å². The molecular weight excluding hydrogens is 400 g/mol. The molecule has 1 atom stereocenters. The minimum absolute atomic E-state index is 0.164. The first kappa shape index (κ1) is 21.7. The molecule has 0 bridgehead atoms. The van der Waals surface area contributed by atoms with Crippen LogP contribution in [0, 0.1) is 11.3 Å². The van der Waals surface area contributed by atoms with Crippen molar-refractivity contribution in [3.8, 4) is 0 Å². The molecule has 0 radical (unpaired) electrons. The summed E-state index contributed by atoms with van der Waals surface area (Å²) in [6, 6.07) is 3.25. The normalized spacial score (nSPS) is 25.6. The number of pyridine rings is 1. The summed E-state index contributed by atoms with van der Waals surface area (Å²) in [5.74, 6) is -0.0705. The highest BCUT2D eigenvalue weighted by Crippen LogP contribution is 2.49. The fraction of sp³-hybridized carbons (Fsp3) is 0.727. The van der Waals surface area contributed by atoms with E-state index in [2.05, 4.69) is 16.8 Å². The third-order valence-electron chi connectivity index (χ3n) is 7.26. The molecule has 1 aromatic rings. The highest BCUT2D eigenvalue weighted by molar-refractivity contribution is 7.89. The molecule has 1 saturated carbocycles. The van der Waals surface area contributed by atoms with Crippen molar-refractivity contribution in [1.29, 1.82) is 0 Å². The number of amides is 1. The highest BCUT2D eigenvalue weighted by atomic mass is 32.2. The predicted molar refractivity (Wildman–Crippen MR) is 115 cm³/mol. The van der Waals surface area contributed by atoms with Gasteiger partial charge in [0.2, 0.25) is 15.9 Å². The van der Waals surface area contributed by atoms with Gasteiger partial charge in [-0.2, -0.15) is 4.31 Å². The van der Waals surface area contributed by atoms with Crippen molar-refractivity contribution >= 4 is 15.9 Å². The van der Waals surface area contributed by atoms with Gasteiger partial charge in [-0.3, -0.25) is 14.7 Å². The number of nitrogens with zero attached hydrogens (tertiary/aromatic N) is 4. The van der Waals surface area contributed by atoms with Crippen LogP contribution in [0.4, 0.5) is 0 Å². The van der Waals surface area contributed by atoms with Crippen LogP contribution in [0.25, 0.3) is 0 Å². The van der Waals surface area contributed by atoms with Crippen molar-refractivity contribution in [2.24, 2.45) is 11.3 Å². The van der Waals surface area contributed by atoms with Gasteiger partial charge in [0.15, 0.2) is 0 Å². The van der Waals surface area contributed by atoms with Crippen LogP contribution in [-0.2, 0) is 14.8 Å². The molecule has 8 heteroatoms. The summed E-state index contributed by atoms with van der Waals surface area (Å²) < 4.78 is 28.1. The Morgan fingerprint density at radius 3 is 2.53 bits per heavy atom. The monoisotopic (exact) mass is 434 g/mol. The van der Waals surface area contributed by atoms with Gasteiger partial charge in [-0.05, 0) is 43.4 Å². The van der Waals surface area contributed by atoms with E-state index in [-0.39, 0.29) is 22.1 Å². The lowest BCUT2D eigenvalue weighted by Gasteiger charge is -2.41. The van der Waals surface area contributed by atoms with Crippen LogP contribution >= 0.6 is 0 Å². The highest BCUT2D eigenvalue weighted by Gasteiger charge is 2.54. The molecule has 2 aliphatic heterocycles. The second kappa shape index (κ2) is 8.93. The summed E-state index contributed by atoms with van der Waals surface area (Å²) in [5.41, 5.74) is -0.217. The molecule has 30 heavy (non-hydrogen) atoms. The Morgan fingerprint density at radius 2 is 1.90 bits per heavy atom. The Kier molecular flexibility index (Phi) is 6.46. The molecule has 7 nitrogen and oxygen atoms in total. The summed E-state index contributed by atoms with van der Waals surface area (Å²) in [7, 11) is -3.64. The molecule has 1 amide bonds. The summed E-state index contributed by atoms with van der Waals surface area (Å²) in [4.78, 5) is 22.2. The Labute approximate surface area is 180 Å². The number of piperazine rings is 1. The smallest absolute Gasteiger partial charge is 0.244 e. The Bertz CT molecular complexity index is 831. The van der Waals surface area contributed by atoms with E-state index in [0.29, 0.717) is 13.1 Å². The van der Waals surface area contributed by atoms with Gasteiger partial charge in [0.05, 0.1) is 5.92 Å². The minimum atomic E-state index is -3.64. The largest absolute Gasteiger partial charge is 0.340 e. The van der Waals surface area contributed by atoms with Gasteiger partial charge >= 0.3 is 0 Å². The van der Waals surface area contributed by atoms with Gasteiger partial charge in [0.25, 0.3) is 0 Å². The zero-order chi connectivity index (χ0) is 21.2. The van der Waals surface area contributed by atoms with Gasteiger partial charge in [0, 0.05) is 51.7 Å². The number of rotatable bonds is 5. The topological polar surface area (TPSA) is 73.8 Å². The SMILES string of the molecule is CCCN1CCN(C(=O)C2CN(S(=O)(=O)c3cccnc3)CC23CCCCC3)CC1. The molecular formula is C22H34N4O3S. The fourth-order valence-corrected chi connectivity index (χ4v) is 7.10. The summed E-state index contributed by atoms with van der Waals surface area (Å²) in [6.45, 7) is 7.34. The van der Waals surface area contributed by atoms with Crippen molar-refractivity contribution in [3.05, 3.63) is 24.5 Å². The third kappa shape index (κ3) is 4.14. The van der Waals surface area contributed by atoms with E-state index in [0.717, 1.165) is 64.8 Å². The van der Waals surface area contributed by atoms with Crippen LogP contribution in [0.1, 0.15) is 45.4 Å². The van der Waals surface area contributed by atoms with Gasteiger partial charge in [-0.25, -0.2) is 8.42 Å². The van der Waals surface area contributed by atoms with E-state index in [4.69, 9.17) is 0 Å². The van der Waals surface area contributed by atoms with Crippen molar-refractivity contribution in [1.82, 2.24) is 19.1 Å². The molecule has 1 spiro atoms. The van der Waals surface area contributed by atoms with E-state index < -0.39 is 10.0 Å². The van der Waals surface area contributed by atoms with Crippen LogP contribution < -0.4 is 0 Å². The maximum absolute atomic E-state index is 13.6. The Balaban J connectivity index is 1.54. The third-order valence-corrected chi connectivity index (χ3v) is 9.06. The first-order valence-corrected chi connectivity index (χ1v) is 12.8. The quantitative estimate of drug-likeness (QED) is 0.710. The van der Waals surface area contributed by atoms with E-state index in [9.17, 15) is 13.2 Å². The molecule has 1 aliphatic carbocycles. The number of carbonyl (C=O) groups is 1. The van der Waals surface area contributed by atoms with Crippen molar-refractivity contribution in [2.75, 3.05) is 45.8 Å². The number of hydrogen-bond donors (Lipinski definition) is 0. The maximum Gasteiger partial charge on any atom is 0.244 e. The summed E-state index contributed by atoms with van der Waals surface area (Å²) in [6.07, 6.45) is 9.33. The summed E-state index contributed by atoms with van der Waals surface area (Å²) >= 11 is 0. The predicted octanol–water partition coefficient (Wildman–Crippen LogP) is 2.21. The Morgan fingerprint density at radius 1 is 1.17 bits per heavy atom. The minimum Gasteiger partial charge on any atom is -0.340 e. The Hall–Kier alpha value is -1.51. The molecule has 2 saturated heterocycles. The first-order chi connectivity index (χ1) is 14.5. The zero-order valence-electron chi connectivity index (χ0n) is 18.0. The van der Waals surface area contributed by atoms with Gasteiger partial charge in [0.1, 0.15) is 4.90 Å². The molecule has 1 aromatic heterocycles. The average Bonchev–Trinajstić information content (AvgIpc) is 3.14. The lowest BCUT2D eigenvalue weighted by molar-refractivity contribution is -0.141. The second-order valence-electron chi connectivity index (χ2n) is 9.13. The number of carbonyl (C=O) groups excluding carboxylic acids is 1. The molecule has 0 N–H and O–H groups in total. The molecule has 0 aromatic carbocycles. The standard InChI is InChI=1S/C22H34N4O3S/c1-2-11-24-12-14-25(15-13-24)21(27)20-17-26(18-22(20)8-4-3-5-9-22)30(28,29)19-7-6-10-23-16-19/h6-7,10,16,20H,2-5,8-9,11-15,17-18H2,1H3. The number of aromatic nitrogens is 1. The second-order valence-corrected chi connectivity index (χ2v) is 11.1. The van der Waals surface area contributed by atoms with Crippen LogP contribution in [0.5, 0.6) is 0 Å². The zero-order valence-corrected chi connectivity index (χ0v) is 18.8. The molecule has 3 heterocycles. The van der Waals surface area contributed by atoms with E-state index in [1.807, 2.05) is 4.90 Å². The van der Waals surface area contributed by atoms with E-state index in [1.165, 1.54) is 12.6 Å². The van der Waals surface area contributed by atoms with Gasteiger partial charge < -0.3 is 4.90 Å². The van der Waals surface area contributed by atoms with Crippen LogP contribution in [-0.4, -0.2) is 79.2 Å².